The molecule has 0 amide bonds. The molecule has 0 saturated carbocycles. The van der Waals surface area contributed by atoms with Crippen LogP contribution < -0.4 is 10.2 Å². The minimum absolute atomic E-state index is 0.148. The van der Waals surface area contributed by atoms with Gasteiger partial charge >= 0.3 is 0 Å². The summed E-state index contributed by atoms with van der Waals surface area (Å²) in [6, 6.07) is 0.508. The van der Waals surface area contributed by atoms with Gasteiger partial charge in [-0.25, -0.2) is 4.98 Å². The molecule has 0 atom stereocenters. The fourth-order valence-electron chi connectivity index (χ4n) is 2.22. The van der Waals surface area contributed by atoms with Crippen LogP contribution in [0.1, 0.15) is 71.9 Å². The van der Waals surface area contributed by atoms with Crippen molar-refractivity contribution in [3.63, 3.8) is 0 Å². The molecule has 1 heterocycles. The van der Waals surface area contributed by atoms with Crippen molar-refractivity contribution < 1.29 is 0 Å². The van der Waals surface area contributed by atoms with Crippen LogP contribution in [0.15, 0.2) is 0 Å². The van der Waals surface area contributed by atoms with Crippen LogP contribution in [-0.4, -0.2) is 23.1 Å². The maximum absolute atomic E-state index is 4.95. The predicted molar refractivity (Wildman–Crippen MR) is 95.5 cm³/mol. The Morgan fingerprint density at radius 1 is 1.19 bits per heavy atom. The highest BCUT2D eigenvalue weighted by Gasteiger charge is 2.19. The summed E-state index contributed by atoms with van der Waals surface area (Å²) in [5.41, 5.74) is 1.44. The Balaban J connectivity index is 2.96. The van der Waals surface area contributed by atoms with Crippen molar-refractivity contribution in [3.05, 3.63) is 10.6 Å². The molecule has 122 valence electrons. The molecule has 1 rings (SSSR count). The van der Waals surface area contributed by atoms with E-state index in [0.29, 0.717) is 6.04 Å². The smallest absolute Gasteiger partial charge is 0.186 e. The van der Waals surface area contributed by atoms with Gasteiger partial charge in [0.2, 0.25) is 0 Å². The van der Waals surface area contributed by atoms with Gasteiger partial charge in [-0.2, -0.15) is 0 Å². The van der Waals surface area contributed by atoms with E-state index in [1.807, 2.05) is 11.3 Å². The van der Waals surface area contributed by atoms with Crippen LogP contribution in [0.3, 0.4) is 0 Å². The number of nitrogens with one attached hydrogen (secondary N) is 1. The van der Waals surface area contributed by atoms with E-state index in [2.05, 4.69) is 58.7 Å². The Morgan fingerprint density at radius 3 is 2.33 bits per heavy atom. The van der Waals surface area contributed by atoms with Crippen LogP contribution >= 0.6 is 11.3 Å². The summed E-state index contributed by atoms with van der Waals surface area (Å²) in [6.45, 7) is 17.6. The largest absolute Gasteiger partial charge is 0.346 e. The lowest BCUT2D eigenvalue weighted by Gasteiger charge is -2.25. The first-order valence-electron chi connectivity index (χ1n) is 8.28. The van der Waals surface area contributed by atoms with Gasteiger partial charge in [0.05, 0.1) is 5.69 Å². The third-order valence-electron chi connectivity index (χ3n) is 3.37. The van der Waals surface area contributed by atoms with E-state index in [9.17, 15) is 0 Å². The molecule has 0 aliphatic carbocycles. The van der Waals surface area contributed by atoms with Crippen LogP contribution in [0.2, 0.25) is 0 Å². The van der Waals surface area contributed by atoms with Crippen LogP contribution in [0.4, 0.5) is 5.13 Å². The molecule has 0 aliphatic rings. The fraction of sp³-hybridized carbons (Fsp3) is 0.824. The first-order valence-corrected chi connectivity index (χ1v) is 9.10. The first kappa shape index (κ1) is 18.4. The van der Waals surface area contributed by atoms with Gasteiger partial charge in [0.25, 0.3) is 0 Å². The molecule has 0 bridgehead atoms. The number of anilines is 1. The van der Waals surface area contributed by atoms with Crippen LogP contribution in [0, 0.1) is 0 Å². The molecular formula is C17H33N3S. The molecule has 1 N–H and O–H groups in total. The third kappa shape index (κ3) is 5.95. The van der Waals surface area contributed by atoms with Crippen molar-refractivity contribution in [3.8, 4) is 0 Å². The average molecular weight is 312 g/mol. The van der Waals surface area contributed by atoms with Crippen molar-refractivity contribution in [1.29, 1.82) is 0 Å². The number of hydrogen-bond donors (Lipinski definition) is 1. The molecule has 0 saturated heterocycles. The number of thiazole rings is 1. The Morgan fingerprint density at radius 2 is 1.86 bits per heavy atom. The second-order valence-corrected chi connectivity index (χ2v) is 8.07. The molecule has 0 aliphatic heterocycles. The van der Waals surface area contributed by atoms with E-state index < -0.39 is 0 Å². The summed E-state index contributed by atoms with van der Waals surface area (Å²) in [5, 5.41) is 4.80. The lowest BCUT2D eigenvalue weighted by Crippen LogP contribution is -2.35. The third-order valence-corrected chi connectivity index (χ3v) is 4.50. The van der Waals surface area contributed by atoms with Crippen molar-refractivity contribution >= 4 is 16.5 Å². The van der Waals surface area contributed by atoms with Gasteiger partial charge in [0.15, 0.2) is 5.13 Å². The lowest BCUT2D eigenvalue weighted by molar-refractivity contribution is 0.425. The highest BCUT2D eigenvalue weighted by Crippen LogP contribution is 2.29. The van der Waals surface area contributed by atoms with E-state index in [0.717, 1.165) is 32.4 Å². The molecule has 4 heteroatoms. The van der Waals surface area contributed by atoms with Gasteiger partial charge < -0.3 is 10.2 Å². The van der Waals surface area contributed by atoms with Gasteiger partial charge in [0.1, 0.15) is 0 Å². The van der Waals surface area contributed by atoms with Crippen molar-refractivity contribution in [1.82, 2.24) is 10.3 Å². The minimum atomic E-state index is 0.148. The zero-order valence-corrected chi connectivity index (χ0v) is 15.7. The topological polar surface area (TPSA) is 28.2 Å². The minimum Gasteiger partial charge on any atom is -0.346 e. The molecular weight excluding hydrogens is 278 g/mol. The second kappa shape index (κ2) is 8.14. The highest BCUT2D eigenvalue weighted by atomic mass is 32.1. The SMILES string of the molecule is CCCc1nc(N(CCC)C(C)C)sc1CNC(C)(C)C. The highest BCUT2D eigenvalue weighted by molar-refractivity contribution is 7.15. The maximum atomic E-state index is 4.95. The van der Waals surface area contributed by atoms with Gasteiger partial charge in [-0.15, -0.1) is 11.3 Å². The number of nitrogens with zero attached hydrogens (tertiary/aromatic N) is 2. The van der Waals surface area contributed by atoms with E-state index in [1.54, 1.807) is 0 Å². The molecule has 0 fully saturated rings. The quantitative estimate of drug-likeness (QED) is 0.760. The molecule has 3 nitrogen and oxygen atoms in total. The van der Waals surface area contributed by atoms with Gasteiger partial charge in [-0.1, -0.05) is 20.3 Å². The molecule has 0 unspecified atom stereocenters. The molecule has 0 aromatic carbocycles. The number of aryl methyl sites for hydroxylation is 1. The van der Waals surface area contributed by atoms with E-state index in [1.165, 1.54) is 15.7 Å². The normalized spacial score (nSPS) is 12.2. The van der Waals surface area contributed by atoms with Crippen LogP contribution in [0.25, 0.3) is 0 Å². The monoisotopic (exact) mass is 311 g/mol. The van der Waals surface area contributed by atoms with Crippen molar-refractivity contribution in [2.24, 2.45) is 0 Å². The molecule has 21 heavy (non-hydrogen) atoms. The summed E-state index contributed by atoms with van der Waals surface area (Å²) in [7, 11) is 0. The Labute approximate surface area is 135 Å². The lowest BCUT2D eigenvalue weighted by atomic mass is 10.1. The van der Waals surface area contributed by atoms with Crippen LogP contribution in [0.5, 0.6) is 0 Å². The number of rotatable bonds is 8. The number of hydrogen-bond acceptors (Lipinski definition) is 4. The molecule has 1 aromatic heterocycles. The summed E-state index contributed by atoms with van der Waals surface area (Å²) in [4.78, 5) is 8.79. The maximum Gasteiger partial charge on any atom is 0.186 e. The summed E-state index contributed by atoms with van der Waals surface area (Å²) in [5.74, 6) is 0. The average Bonchev–Trinajstić information content (AvgIpc) is 2.75. The fourth-order valence-corrected chi connectivity index (χ4v) is 3.43. The number of aromatic nitrogens is 1. The van der Waals surface area contributed by atoms with Crippen LogP contribution in [-0.2, 0) is 13.0 Å². The molecule has 0 radical (unpaired) electrons. The first-order chi connectivity index (χ1) is 9.78. The second-order valence-electron chi connectivity index (χ2n) is 7.01. The van der Waals surface area contributed by atoms with Gasteiger partial charge in [0, 0.05) is 29.5 Å². The standard InChI is InChI=1S/C17H33N3S/c1-8-10-14-15(12-18-17(5,6)7)21-16(19-14)20(11-9-2)13(3)4/h13,18H,8-12H2,1-7H3. The van der Waals surface area contributed by atoms with Gasteiger partial charge in [-0.3, -0.25) is 0 Å². The van der Waals surface area contributed by atoms with E-state index in [-0.39, 0.29) is 5.54 Å². The van der Waals surface area contributed by atoms with E-state index >= 15 is 0 Å². The summed E-state index contributed by atoms with van der Waals surface area (Å²) < 4.78 is 0. The van der Waals surface area contributed by atoms with Gasteiger partial charge in [-0.05, 0) is 47.5 Å². The predicted octanol–water partition coefficient (Wildman–Crippen LogP) is 4.61. The van der Waals surface area contributed by atoms with E-state index in [4.69, 9.17) is 4.98 Å². The summed E-state index contributed by atoms with van der Waals surface area (Å²) >= 11 is 1.87. The van der Waals surface area contributed by atoms with Crippen molar-refractivity contribution in [2.45, 2.75) is 85.9 Å². The summed E-state index contributed by atoms with van der Waals surface area (Å²) in [6.07, 6.45) is 3.40. The van der Waals surface area contributed by atoms with Crippen molar-refractivity contribution in [2.75, 3.05) is 11.4 Å². The zero-order valence-electron chi connectivity index (χ0n) is 14.9. The molecule has 0 spiro atoms. The molecule has 1 aromatic rings. The Kier molecular flexibility index (Phi) is 7.14. The Bertz CT molecular complexity index is 418. The Hall–Kier alpha value is -0.610. The zero-order chi connectivity index (χ0) is 16.0.